The maximum absolute atomic E-state index is 13.2. The number of carbonyl (C=O) groups is 1. The highest BCUT2D eigenvalue weighted by Gasteiger charge is 2.20. The summed E-state index contributed by atoms with van der Waals surface area (Å²) in [6.45, 7) is 3.69. The topological polar surface area (TPSA) is 75.3 Å². The van der Waals surface area contributed by atoms with Crippen molar-refractivity contribution in [2.24, 2.45) is 0 Å². The van der Waals surface area contributed by atoms with Crippen LogP contribution in [0.4, 0.5) is 5.69 Å². The molecule has 4 aromatic rings. The highest BCUT2D eigenvalue weighted by atomic mass is 32.2. The monoisotopic (exact) mass is 470 g/mol. The van der Waals surface area contributed by atoms with Crippen molar-refractivity contribution < 1.29 is 13.2 Å². The van der Waals surface area contributed by atoms with Crippen LogP contribution in [0.15, 0.2) is 108 Å². The quantitative estimate of drug-likeness (QED) is 0.368. The maximum Gasteiger partial charge on any atom is 0.261 e. The highest BCUT2D eigenvalue weighted by molar-refractivity contribution is 7.92. The summed E-state index contributed by atoms with van der Waals surface area (Å²) in [6.07, 6.45) is 0. The van der Waals surface area contributed by atoms with Gasteiger partial charge in [-0.15, -0.1) is 0 Å². The van der Waals surface area contributed by atoms with E-state index in [2.05, 4.69) is 10.0 Å². The van der Waals surface area contributed by atoms with E-state index in [1.54, 1.807) is 49.4 Å². The van der Waals surface area contributed by atoms with Crippen molar-refractivity contribution in [2.75, 3.05) is 4.72 Å². The molecule has 0 saturated carbocycles. The Bertz CT molecular complexity index is 1350. The molecule has 2 N–H and O–H groups in total. The minimum atomic E-state index is -3.79. The molecule has 0 atom stereocenters. The van der Waals surface area contributed by atoms with Crippen LogP contribution in [-0.4, -0.2) is 14.3 Å². The van der Waals surface area contributed by atoms with Gasteiger partial charge in [0.25, 0.3) is 15.9 Å². The second-order valence-corrected chi connectivity index (χ2v) is 9.86. The van der Waals surface area contributed by atoms with Gasteiger partial charge in [0.1, 0.15) is 0 Å². The largest absolute Gasteiger partial charge is 0.341 e. The maximum atomic E-state index is 13.2. The smallest absolute Gasteiger partial charge is 0.261 e. The summed E-state index contributed by atoms with van der Waals surface area (Å²) in [6, 6.07) is 30.7. The standard InChI is InChI=1S/C28H26N2O3S/c1-20-13-17-25(18-14-20)34(32,33)30-26-19-24(16-15-21(26)2)28(31)29-27(22-9-5-3-6-10-22)23-11-7-4-8-12-23/h3-19,27,30H,1-2H3,(H,29,31). The molecular formula is C28H26N2O3S. The first-order valence-corrected chi connectivity index (χ1v) is 12.4. The van der Waals surface area contributed by atoms with E-state index in [0.717, 1.165) is 22.3 Å². The molecule has 0 aliphatic heterocycles. The van der Waals surface area contributed by atoms with Gasteiger partial charge in [0.2, 0.25) is 0 Å². The van der Waals surface area contributed by atoms with Crippen LogP contribution in [0.1, 0.15) is 38.7 Å². The summed E-state index contributed by atoms with van der Waals surface area (Å²) in [5.74, 6) is -0.298. The van der Waals surface area contributed by atoms with Crippen molar-refractivity contribution in [3.05, 3.63) is 131 Å². The van der Waals surface area contributed by atoms with Gasteiger partial charge < -0.3 is 5.32 Å². The van der Waals surface area contributed by atoms with Crippen molar-refractivity contribution in [1.82, 2.24) is 5.32 Å². The van der Waals surface area contributed by atoms with Gasteiger partial charge in [0, 0.05) is 5.56 Å². The van der Waals surface area contributed by atoms with Crippen LogP contribution in [0.25, 0.3) is 0 Å². The second-order valence-electron chi connectivity index (χ2n) is 8.18. The molecule has 4 aromatic carbocycles. The molecule has 0 aliphatic rings. The molecule has 34 heavy (non-hydrogen) atoms. The number of nitrogens with one attached hydrogen (secondary N) is 2. The molecule has 0 aromatic heterocycles. The Morgan fingerprint density at radius 2 is 1.29 bits per heavy atom. The lowest BCUT2D eigenvalue weighted by Crippen LogP contribution is -2.29. The van der Waals surface area contributed by atoms with Gasteiger partial charge in [-0.05, 0) is 54.8 Å². The Labute approximate surface area is 200 Å². The Kier molecular flexibility index (Phi) is 6.80. The lowest BCUT2D eigenvalue weighted by atomic mass is 9.98. The van der Waals surface area contributed by atoms with Crippen LogP contribution in [0.3, 0.4) is 0 Å². The molecule has 0 bridgehead atoms. The van der Waals surface area contributed by atoms with E-state index in [1.165, 1.54) is 0 Å². The lowest BCUT2D eigenvalue weighted by Gasteiger charge is -2.20. The normalized spacial score (nSPS) is 11.3. The zero-order valence-corrected chi connectivity index (χ0v) is 19.8. The van der Waals surface area contributed by atoms with Gasteiger partial charge in [-0.1, -0.05) is 84.4 Å². The summed E-state index contributed by atoms with van der Waals surface area (Å²) >= 11 is 0. The summed E-state index contributed by atoms with van der Waals surface area (Å²) in [5, 5.41) is 3.10. The summed E-state index contributed by atoms with van der Waals surface area (Å²) in [5.41, 5.74) is 4.33. The number of rotatable bonds is 7. The summed E-state index contributed by atoms with van der Waals surface area (Å²) < 4.78 is 28.4. The SMILES string of the molecule is Cc1ccc(S(=O)(=O)Nc2cc(C(=O)NC(c3ccccc3)c3ccccc3)ccc2C)cc1. The van der Waals surface area contributed by atoms with E-state index in [4.69, 9.17) is 0 Å². The van der Waals surface area contributed by atoms with Gasteiger partial charge in [-0.25, -0.2) is 8.42 Å². The van der Waals surface area contributed by atoms with Gasteiger partial charge >= 0.3 is 0 Å². The van der Waals surface area contributed by atoms with Gasteiger partial charge in [-0.3, -0.25) is 9.52 Å². The third-order valence-electron chi connectivity index (χ3n) is 5.62. The predicted octanol–water partition coefficient (Wildman–Crippen LogP) is 5.62. The molecule has 4 rings (SSSR count). The number of hydrogen-bond acceptors (Lipinski definition) is 3. The van der Waals surface area contributed by atoms with E-state index in [9.17, 15) is 13.2 Å². The Hall–Kier alpha value is -3.90. The molecule has 0 aliphatic carbocycles. The van der Waals surface area contributed by atoms with Crippen LogP contribution >= 0.6 is 0 Å². The number of sulfonamides is 1. The van der Waals surface area contributed by atoms with E-state index in [-0.39, 0.29) is 16.8 Å². The molecule has 172 valence electrons. The lowest BCUT2D eigenvalue weighted by molar-refractivity contribution is 0.0943. The molecule has 0 saturated heterocycles. The van der Waals surface area contributed by atoms with E-state index in [1.807, 2.05) is 67.6 Å². The fourth-order valence-electron chi connectivity index (χ4n) is 3.66. The van der Waals surface area contributed by atoms with Gasteiger partial charge in [-0.2, -0.15) is 0 Å². The predicted molar refractivity (Wildman–Crippen MR) is 135 cm³/mol. The third-order valence-corrected chi connectivity index (χ3v) is 7.00. The molecule has 0 heterocycles. The third kappa shape index (κ3) is 5.35. The number of hydrogen-bond donors (Lipinski definition) is 2. The first-order chi connectivity index (χ1) is 16.3. The molecule has 0 unspecified atom stereocenters. The first-order valence-electron chi connectivity index (χ1n) is 10.9. The van der Waals surface area contributed by atoms with Gasteiger partial charge in [0.15, 0.2) is 0 Å². The van der Waals surface area contributed by atoms with Crippen LogP contribution in [0.5, 0.6) is 0 Å². The van der Waals surface area contributed by atoms with Crippen molar-refractivity contribution in [1.29, 1.82) is 0 Å². The summed E-state index contributed by atoms with van der Waals surface area (Å²) in [7, 11) is -3.79. The number of anilines is 1. The minimum absolute atomic E-state index is 0.167. The van der Waals surface area contributed by atoms with E-state index < -0.39 is 10.0 Å². The van der Waals surface area contributed by atoms with Crippen LogP contribution < -0.4 is 10.0 Å². The van der Waals surface area contributed by atoms with Crippen LogP contribution in [0, 0.1) is 13.8 Å². The molecule has 5 nitrogen and oxygen atoms in total. The molecule has 6 heteroatoms. The van der Waals surface area contributed by atoms with Crippen LogP contribution in [0.2, 0.25) is 0 Å². The van der Waals surface area contributed by atoms with Crippen LogP contribution in [-0.2, 0) is 10.0 Å². The number of aryl methyl sites for hydroxylation is 2. The molecule has 0 fully saturated rings. The molecule has 0 spiro atoms. The van der Waals surface area contributed by atoms with E-state index in [0.29, 0.717) is 11.3 Å². The Morgan fingerprint density at radius 3 is 1.85 bits per heavy atom. The minimum Gasteiger partial charge on any atom is -0.341 e. The average Bonchev–Trinajstić information content (AvgIpc) is 2.85. The van der Waals surface area contributed by atoms with Crippen molar-refractivity contribution in [2.45, 2.75) is 24.8 Å². The fraction of sp³-hybridized carbons (Fsp3) is 0.107. The second kappa shape index (κ2) is 9.93. The Morgan fingerprint density at radius 1 is 0.735 bits per heavy atom. The fourth-order valence-corrected chi connectivity index (χ4v) is 4.78. The molecule has 1 amide bonds. The number of benzene rings is 4. The van der Waals surface area contributed by atoms with Crippen molar-refractivity contribution in [3.63, 3.8) is 0 Å². The molecular weight excluding hydrogens is 444 g/mol. The van der Waals surface area contributed by atoms with Gasteiger partial charge in [0.05, 0.1) is 16.6 Å². The van der Waals surface area contributed by atoms with Crippen molar-refractivity contribution >= 4 is 21.6 Å². The zero-order chi connectivity index (χ0) is 24.1. The number of amides is 1. The summed E-state index contributed by atoms with van der Waals surface area (Å²) in [4.78, 5) is 13.4. The zero-order valence-electron chi connectivity index (χ0n) is 19.0. The Balaban J connectivity index is 1.61. The highest BCUT2D eigenvalue weighted by Crippen LogP contribution is 2.25. The average molecular weight is 471 g/mol. The first kappa shape index (κ1) is 23.3. The van der Waals surface area contributed by atoms with E-state index >= 15 is 0 Å². The molecule has 0 radical (unpaired) electrons. The number of carbonyl (C=O) groups excluding carboxylic acids is 1. The van der Waals surface area contributed by atoms with Crippen molar-refractivity contribution in [3.8, 4) is 0 Å².